The summed E-state index contributed by atoms with van der Waals surface area (Å²) in [4.78, 5) is 17.8. The number of carbonyl (C=O) groups is 1. The lowest BCUT2D eigenvalue weighted by Gasteiger charge is -2.27. The van der Waals surface area contributed by atoms with Crippen LogP contribution < -0.4 is 10.1 Å². The molecule has 0 amide bonds. The Morgan fingerprint density at radius 2 is 2.06 bits per heavy atom. The van der Waals surface area contributed by atoms with E-state index in [4.69, 9.17) is 14.5 Å². The summed E-state index contributed by atoms with van der Waals surface area (Å²) < 4.78 is 13.8. The molecule has 4 rings (SSSR count). The van der Waals surface area contributed by atoms with E-state index in [2.05, 4.69) is 18.3 Å². The third-order valence-electron chi connectivity index (χ3n) is 5.19. The molecule has 7 heteroatoms. The fourth-order valence-electron chi connectivity index (χ4n) is 3.51. The van der Waals surface area contributed by atoms with Crippen LogP contribution in [0.4, 0.5) is 5.69 Å². The number of thioether (sulfide) groups is 1. The van der Waals surface area contributed by atoms with Crippen molar-refractivity contribution < 1.29 is 14.3 Å². The van der Waals surface area contributed by atoms with Crippen molar-refractivity contribution >= 4 is 44.8 Å². The standard InChI is InChI=1S/C25H28N2O3S2/c1-3-5-6-9-14-31-25-27-20-13-12-17(15-22(20)32-25)26-16-19-23(28)18-10-7-8-11-21(18)30-24(19)29-4-2/h7-8,10-13,15-16,24,26H,3-6,9,14H2,1-2H3/b19-16+/t24-/m0/s1. The van der Waals surface area contributed by atoms with E-state index in [0.717, 1.165) is 26.0 Å². The number of para-hydroxylation sites is 1. The van der Waals surface area contributed by atoms with E-state index in [9.17, 15) is 4.79 Å². The van der Waals surface area contributed by atoms with E-state index in [1.807, 2.05) is 43.0 Å². The number of nitrogens with one attached hydrogen (secondary N) is 1. The molecule has 3 aromatic rings. The highest BCUT2D eigenvalue weighted by atomic mass is 32.2. The van der Waals surface area contributed by atoms with Crippen LogP contribution in [0.25, 0.3) is 10.2 Å². The zero-order valence-corrected chi connectivity index (χ0v) is 20.1. The lowest BCUT2D eigenvalue weighted by molar-refractivity contribution is -0.0509. The molecule has 1 atom stereocenters. The van der Waals surface area contributed by atoms with Crippen molar-refractivity contribution in [3.63, 3.8) is 0 Å². The number of aromatic nitrogens is 1. The summed E-state index contributed by atoms with van der Waals surface area (Å²) >= 11 is 3.55. The second-order valence-corrected chi connectivity index (χ2v) is 9.92. The van der Waals surface area contributed by atoms with Crippen LogP contribution in [-0.2, 0) is 4.74 Å². The van der Waals surface area contributed by atoms with Crippen LogP contribution in [-0.4, -0.2) is 29.4 Å². The van der Waals surface area contributed by atoms with E-state index < -0.39 is 6.29 Å². The van der Waals surface area contributed by atoms with E-state index in [0.29, 0.717) is 23.5 Å². The second-order valence-electron chi connectivity index (χ2n) is 7.55. The molecule has 2 heterocycles. The van der Waals surface area contributed by atoms with Crippen molar-refractivity contribution in [2.45, 2.75) is 50.2 Å². The maximum Gasteiger partial charge on any atom is 0.232 e. The molecule has 0 radical (unpaired) electrons. The minimum Gasteiger partial charge on any atom is -0.460 e. The van der Waals surface area contributed by atoms with Crippen LogP contribution in [0.5, 0.6) is 5.75 Å². The molecule has 1 aromatic heterocycles. The third kappa shape index (κ3) is 5.34. The van der Waals surface area contributed by atoms with Crippen molar-refractivity contribution in [1.29, 1.82) is 0 Å². The van der Waals surface area contributed by atoms with E-state index >= 15 is 0 Å². The number of nitrogens with zero attached hydrogens (tertiary/aromatic N) is 1. The number of ether oxygens (including phenoxy) is 2. The molecule has 0 bridgehead atoms. The highest BCUT2D eigenvalue weighted by Gasteiger charge is 2.32. The minimum atomic E-state index is -0.724. The van der Waals surface area contributed by atoms with Crippen molar-refractivity contribution in [3.8, 4) is 5.75 Å². The first-order chi connectivity index (χ1) is 15.7. The van der Waals surface area contributed by atoms with E-state index in [1.54, 1.807) is 29.7 Å². The molecule has 0 unspecified atom stereocenters. The molecule has 32 heavy (non-hydrogen) atoms. The zero-order valence-electron chi connectivity index (χ0n) is 18.4. The molecule has 0 spiro atoms. The molecule has 1 aliphatic rings. The Morgan fingerprint density at radius 1 is 1.19 bits per heavy atom. The van der Waals surface area contributed by atoms with Crippen molar-refractivity contribution in [1.82, 2.24) is 4.98 Å². The van der Waals surface area contributed by atoms with Gasteiger partial charge in [-0.3, -0.25) is 4.79 Å². The van der Waals surface area contributed by atoms with Gasteiger partial charge in [0, 0.05) is 24.2 Å². The Hall–Kier alpha value is -2.35. The Morgan fingerprint density at radius 3 is 2.91 bits per heavy atom. The maximum absolute atomic E-state index is 13.0. The van der Waals surface area contributed by atoms with Gasteiger partial charge in [0.1, 0.15) is 5.75 Å². The van der Waals surface area contributed by atoms with Crippen LogP contribution in [0.2, 0.25) is 0 Å². The van der Waals surface area contributed by atoms with Gasteiger partial charge in [0.2, 0.25) is 6.29 Å². The molecule has 0 aliphatic carbocycles. The van der Waals surface area contributed by atoms with Crippen LogP contribution in [0, 0.1) is 0 Å². The third-order valence-corrected chi connectivity index (χ3v) is 7.43. The van der Waals surface area contributed by atoms with Gasteiger partial charge in [-0.15, -0.1) is 11.3 Å². The fraction of sp³-hybridized carbons (Fsp3) is 0.360. The largest absolute Gasteiger partial charge is 0.460 e. The molecule has 0 saturated carbocycles. The average Bonchev–Trinajstić information content (AvgIpc) is 3.21. The number of rotatable bonds is 10. The van der Waals surface area contributed by atoms with Crippen molar-refractivity contribution in [3.05, 3.63) is 59.8 Å². The van der Waals surface area contributed by atoms with Crippen LogP contribution in [0.15, 0.2) is 58.6 Å². The summed E-state index contributed by atoms with van der Waals surface area (Å²) in [5.41, 5.74) is 2.91. The highest BCUT2D eigenvalue weighted by Crippen LogP contribution is 2.33. The summed E-state index contributed by atoms with van der Waals surface area (Å²) in [5.74, 6) is 1.58. The second kappa shape index (κ2) is 11.0. The normalized spacial score (nSPS) is 16.9. The highest BCUT2D eigenvalue weighted by molar-refractivity contribution is 8.01. The molecule has 0 saturated heterocycles. The van der Waals surface area contributed by atoms with Gasteiger partial charge in [-0.25, -0.2) is 4.98 Å². The summed E-state index contributed by atoms with van der Waals surface area (Å²) in [6, 6.07) is 13.3. The molecule has 5 nitrogen and oxygen atoms in total. The van der Waals surface area contributed by atoms with Crippen molar-refractivity contribution in [2.75, 3.05) is 17.7 Å². The number of hydrogen-bond donors (Lipinski definition) is 1. The first kappa shape index (κ1) is 22.8. The van der Waals surface area contributed by atoms with E-state index in [1.165, 1.54) is 25.7 Å². The monoisotopic (exact) mass is 468 g/mol. The number of hydrogen-bond acceptors (Lipinski definition) is 7. The van der Waals surface area contributed by atoms with Crippen LogP contribution >= 0.6 is 23.1 Å². The lowest BCUT2D eigenvalue weighted by atomic mass is 10.00. The minimum absolute atomic E-state index is 0.0848. The number of Topliss-reactive ketones (excluding diaryl/α,β-unsaturated/α-hetero) is 1. The fourth-order valence-corrected chi connectivity index (χ4v) is 5.69. The predicted molar refractivity (Wildman–Crippen MR) is 133 cm³/mol. The first-order valence-corrected chi connectivity index (χ1v) is 12.9. The van der Waals surface area contributed by atoms with Crippen LogP contribution in [0.1, 0.15) is 49.9 Å². The van der Waals surface area contributed by atoms with Crippen LogP contribution in [0.3, 0.4) is 0 Å². The lowest BCUT2D eigenvalue weighted by Crippen LogP contribution is -2.33. The number of ketones is 1. The summed E-state index contributed by atoms with van der Waals surface area (Å²) in [6.07, 6.45) is 6.05. The summed E-state index contributed by atoms with van der Waals surface area (Å²) in [5, 5.41) is 3.26. The van der Waals surface area contributed by atoms with Gasteiger partial charge in [-0.1, -0.05) is 50.1 Å². The molecule has 168 valence electrons. The first-order valence-electron chi connectivity index (χ1n) is 11.1. The van der Waals surface area contributed by atoms with Gasteiger partial charge >= 0.3 is 0 Å². The summed E-state index contributed by atoms with van der Waals surface area (Å²) in [7, 11) is 0. The number of thiazole rings is 1. The molecule has 2 aromatic carbocycles. The maximum atomic E-state index is 13.0. The van der Waals surface area contributed by atoms with Gasteiger partial charge in [0.25, 0.3) is 0 Å². The van der Waals surface area contributed by atoms with Crippen molar-refractivity contribution in [2.24, 2.45) is 0 Å². The summed E-state index contributed by atoms with van der Waals surface area (Å²) in [6.45, 7) is 4.56. The van der Waals surface area contributed by atoms with Gasteiger partial charge in [0.05, 0.1) is 21.4 Å². The Kier molecular flexibility index (Phi) is 7.84. The Bertz CT molecular complexity index is 1110. The SMILES string of the molecule is CCCCCCSc1nc2ccc(N/C=C3\C(=O)c4ccccc4O[C@@H]3OCC)cc2s1. The quantitative estimate of drug-likeness (QED) is 0.198. The Balaban J connectivity index is 1.47. The van der Waals surface area contributed by atoms with E-state index in [-0.39, 0.29) is 5.78 Å². The number of anilines is 1. The molecule has 1 N–H and O–H groups in total. The molecule has 0 fully saturated rings. The van der Waals surface area contributed by atoms with Gasteiger partial charge in [-0.05, 0) is 43.7 Å². The molecular weight excluding hydrogens is 440 g/mol. The number of unbranched alkanes of at least 4 members (excludes halogenated alkanes) is 3. The number of benzene rings is 2. The predicted octanol–water partition coefficient (Wildman–Crippen LogP) is 6.90. The Labute approximate surface area is 197 Å². The van der Waals surface area contributed by atoms with Gasteiger partial charge < -0.3 is 14.8 Å². The zero-order chi connectivity index (χ0) is 22.3. The topological polar surface area (TPSA) is 60.5 Å². The van der Waals surface area contributed by atoms with Gasteiger partial charge in [-0.2, -0.15) is 0 Å². The average molecular weight is 469 g/mol. The van der Waals surface area contributed by atoms with Gasteiger partial charge in [0.15, 0.2) is 10.1 Å². The smallest absolute Gasteiger partial charge is 0.232 e. The molecule has 1 aliphatic heterocycles. The number of fused-ring (bicyclic) bond motifs is 2. The molecular formula is C25H28N2O3S2. The number of carbonyl (C=O) groups excluding carboxylic acids is 1.